The van der Waals surface area contributed by atoms with Crippen LogP contribution in [0.5, 0.6) is 11.5 Å². The number of piperidine rings is 1. The second kappa shape index (κ2) is 10.1. The molecular formula is C22H29N3O4. The standard InChI is InChI=1S/C22H29N3O4/c1-4-5-13-28-19-10-8-17(14-20(19)27-3)9-11-21(26)25-12-6-7-18(15-25)22-23-16(2)24-29-22/h8-11,14,18H,4-7,12-13,15H2,1-3H3/b11-9+. The van der Waals surface area contributed by atoms with Crippen molar-refractivity contribution in [1.82, 2.24) is 15.0 Å². The van der Waals surface area contributed by atoms with Gasteiger partial charge in [0.15, 0.2) is 17.3 Å². The van der Waals surface area contributed by atoms with E-state index in [4.69, 9.17) is 14.0 Å². The van der Waals surface area contributed by atoms with Crippen molar-refractivity contribution in [2.75, 3.05) is 26.8 Å². The van der Waals surface area contributed by atoms with Crippen molar-refractivity contribution in [1.29, 1.82) is 0 Å². The molecule has 1 aliphatic rings. The van der Waals surface area contributed by atoms with Crippen LogP contribution in [0.1, 0.15) is 55.8 Å². The zero-order valence-corrected chi connectivity index (χ0v) is 17.4. The van der Waals surface area contributed by atoms with E-state index in [1.54, 1.807) is 26.2 Å². The average Bonchev–Trinajstić information content (AvgIpc) is 3.19. The quantitative estimate of drug-likeness (QED) is 0.493. The Balaban J connectivity index is 1.62. The van der Waals surface area contributed by atoms with Gasteiger partial charge in [-0.1, -0.05) is 24.6 Å². The van der Waals surface area contributed by atoms with Crippen molar-refractivity contribution in [3.05, 3.63) is 41.6 Å². The highest BCUT2D eigenvalue weighted by molar-refractivity contribution is 5.92. The molecule has 1 aromatic heterocycles. The molecule has 1 aromatic carbocycles. The number of aromatic nitrogens is 2. The molecule has 1 fully saturated rings. The molecule has 0 spiro atoms. The number of benzene rings is 1. The minimum Gasteiger partial charge on any atom is -0.493 e. The summed E-state index contributed by atoms with van der Waals surface area (Å²) in [5, 5.41) is 3.86. The van der Waals surface area contributed by atoms with Crippen LogP contribution in [-0.2, 0) is 4.79 Å². The predicted molar refractivity (Wildman–Crippen MR) is 110 cm³/mol. The molecule has 0 radical (unpaired) electrons. The van der Waals surface area contributed by atoms with E-state index in [2.05, 4.69) is 17.1 Å². The molecule has 7 nitrogen and oxygen atoms in total. The van der Waals surface area contributed by atoms with Gasteiger partial charge in [0, 0.05) is 19.2 Å². The second-order valence-corrected chi connectivity index (χ2v) is 7.25. The van der Waals surface area contributed by atoms with E-state index in [0.29, 0.717) is 30.6 Å². The molecule has 7 heteroatoms. The van der Waals surface area contributed by atoms with Gasteiger partial charge in [0.1, 0.15) is 0 Å². The number of unbranched alkanes of at least 4 members (excludes halogenated alkanes) is 1. The van der Waals surface area contributed by atoms with Crippen molar-refractivity contribution in [2.45, 2.75) is 45.4 Å². The topological polar surface area (TPSA) is 77.7 Å². The highest BCUT2D eigenvalue weighted by atomic mass is 16.5. The maximum atomic E-state index is 12.7. The van der Waals surface area contributed by atoms with E-state index in [-0.39, 0.29) is 11.8 Å². The summed E-state index contributed by atoms with van der Waals surface area (Å²) in [6, 6.07) is 5.69. The predicted octanol–water partition coefficient (Wildman–Crippen LogP) is 3.98. The highest BCUT2D eigenvalue weighted by Gasteiger charge is 2.27. The van der Waals surface area contributed by atoms with Gasteiger partial charge >= 0.3 is 0 Å². The third-order valence-electron chi connectivity index (χ3n) is 4.99. The molecule has 1 atom stereocenters. The second-order valence-electron chi connectivity index (χ2n) is 7.25. The first-order valence-electron chi connectivity index (χ1n) is 10.2. The molecule has 0 N–H and O–H groups in total. The number of hydrogen-bond acceptors (Lipinski definition) is 6. The largest absolute Gasteiger partial charge is 0.493 e. The summed E-state index contributed by atoms with van der Waals surface area (Å²) < 4.78 is 16.5. The Morgan fingerprint density at radius 1 is 1.38 bits per heavy atom. The van der Waals surface area contributed by atoms with E-state index >= 15 is 0 Å². The monoisotopic (exact) mass is 399 g/mol. The number of methoxy groups -OCH3 is 1. The Bertz CT molecular complexity index is 846. The molecule has 0 aliphatic carbocycles. The third-order valence-corrected chi connectivity index (χ3v) is 4.99. The van der Waals surface area contributed by atoms with Crippen LogP contribution in [0.25, 0.3) is 6.08 Å². The van der Waals surface area contributed by atoms with E-state index in [1.807, 2.05) is 23.1 Å². The number of likely N-dealkylation sites (tertiary alicyclic amines) is 1. The van der Waals surface area contributed by atoms with Crippen molar-refractivity contribution in [3.8, 4) is 11.5 Å². The van der Waals surface area contributed by atoms with Gasteiger partial charge in [-0.2, -0.15) is 4.98 Å². The first kappa shape index (κ1) is 20.9. The Morgan fingerprint density at radius 2 is 2.24 bits per heavy atom. The number of carbonyl (C=O) groups excluding carboxylic acids is 1. The minimum atomic E-state index is -0.0202. The smallest absolute Gasteiger partial charge is 0.246 e. The molecule has 0 bridgehead atoms. The van der Waals surface area contributed by atoms with Gasteiger partial charge in [0.05, 0.1) is 19.6 Å². The molecule has 29 heavy (non-hydrogen) atoms. The fraction of sp³-hybridized carbons (Fsp3) is 0.500. The summed E-state index contributed by atoms with van der Waals surface area (Å²) in [5.41, 5.74) is 0.888. The SMILES string of the molecule is CCCCOc1ccc(/C=C/C(=O)N2CCCC(c3nc(C)no3)C2)cc1OC. The highest BCUT2D eigenvalue weighted by Crippen LogP contribution is 2.29. The lowest BCUT2D eigenvalue weighted by atomic mass is 9.98. The van der Waals surface area contributed by atoms with Crippen molar-refractivity contribution < 1.29 is 18.8 Å². The van der Waals surface area contributed by atoms with Crippen LogP contribution in [0, 0.1) is 6.92 Å². The zero-order chi connectivity index (χ0) is 20.6. The van der Waals surface area contributed by atoms with E-state index in [9.17, 15) is 4.79 Å². The molecule has 2 heterocycles. The van der Waals surface area contributed by atoms with Crippen LogP contribution in [0.3, 0.4) is 0 Å². The van der Waals surface area contributed by atoms with Gasteiger partial charge in [-0.25, -0.2) is 0 Å². The van der Waals surface area contributed by atoms with Gasteiger partial charge in [-0.3, -0.25) is 4.79 Å². The molecule has 1 saturated heterocycles. The number of ether oxygens (including phenoxy) is 2. The first-order valence-corrected chi connectivity index (χ1v) is 10.2. The summed E-state index contributed by atoms with van der Waals surface area (Å²) in [7, 11) is 1.62. The molecule has 1 amide bonds. The Morgan fingerprint density at radius 3 is 2.97 bits per heavy atom. The van der Waals surface area contributed by atoms with Crippen LogP contribution in [0.15, 0.2) is 28.8 Å². The first-order chi connectivity index (χ1) is 14.1. The van der Waals surface area contributed by atoms with Crippen LogP contribution >= 0.6 is 0 Å². The van der Waals surface area contributed by atoms with Gasteiger partial charge in [-0.05, 0) is 50.0 Å². The molecular weight excluding hydrogens is 370 g/mol. The van der Waals surface area contributed by atoms with Crippen molar-refractivity contribution >= 4 is 12.0 Å². The number of aryl methyl sites for hydroxylation is 1. The maximum Gasteiger partial charge on any atom is 0.246 e. The van der Waals surface area contributed by atoms with Crippen LogP contribution in [-0.4, -0.2) is 47.8 Å². The Hall–Kier alpha value is -2.83. The van der Waals surface area contributed by atoms with E-state index in [1.165, 1.54) is 0 Å². The Kier molecular flexibility index (Phi) is 7.27. The number of nitrogens with zero attached hydrogens (tertiary/aromatic N) is 3. The fourth-order valence-electron chi connectivity index (χ4n) is 3.36. The lowest BCUT2D eigenvalue weighted by molar-refractivity contribution is -0.127. The molecule has 2 aromatic rings. The lowest BCUT2D eigenvalue weighted by Gasteiger charge is -2.30. The summed E-state index contributed by atoms with van der Waals surface area (Å²) in [4.78, 5) is 18.8. The van der Waals surface area contributed by atoms with Gasteiger partial charge in [0.25, 0.3) is 0 Å². The van der Waals surface area contributed by atoms with Gasteiger partial charge < -0.3 is 18.9 Å². The molecule has 156 valence electrons. The van der Waals surface area contributed by atoms with Gasteiger partial charge in [0.2, 0.25) is 11.8 Å². The third kappa shape index (κ3) is 5.59. The fourth-order valence-corrected chi connectivity index (χ4v) is 3.36. The molecule has 1 unspecified atom stereocenters. The van der Waals surface area contributed by atoms with Crippen LogP contribution in [0.2, 0.25) is 0 Å². The summed E-state index contributed by atoms with van der Waals surface area (Å²) in [5.74, 6) is 2.71. The van der Waals surface area contributed by atoms with Crippen molar-refractivity contribution in [3.63, 3.8) is 0 Å². The van der Waals surface area contributed by atoms with Crippen LogP contribution < -0.4 is 9.47 Å². The number of rotatable bonds is 8. The minimum absolute atomic E-state index is 0.0202. The number of hydrogen-bond donors (Lipinski definition) is 0. The summed E-state index contributed by atoms with van der Waals surface area (Å²) in [6.45, 7) is 5.92. The van der Waals surface area contributed by atoms with Crippen LogP contribution in [0.4, 0.5) is 0 Å². The van der Waals surface area contributed by atoms with E-state index in [0.717, 1.165) is 43.5 Å². The lowest BCUT2D eigenvalue weighted by Crippen LogP contribution is -2.38. The average molecular weight is 399 g/mol. The normalized spacial score (nSPS) is 16.9. The summed E-state index contributed by atoms with van der Waals surface area (Å²) in [6.07, 6.45) is 7.36. The molecule has 0 saturated carbocycles. The molecule has 3 rings (SSSR count). The van der Waals surface area contributed by atoms with Crippen molar-refractivity contribution in [2.24, 2.45) is 0 Å². The zero-order valence-electron chi connectivity index (χ0n) is 17.4. The molecule has 1 aliphatic heterocycles. The summed E-state index contributed by atoms with van der Waals surface area (Å²) >= 11 is 0. The maximum absolute atomic E-state index is 12.7. The Labute approximate surface area is 171 Å². The van der Waals surface area contributed by atoms with Gasteiger partial charge in [-0.15, -0.1) is 0 Å². The van der Waals surface area contributed by atoms with E-state index < -0.39 is 0 Å². The number of carbonyl (C=O) groups is 1. The number of amides is 1.